The highest BCUT2D eigenvalue weighted by Gasteiger charge is 2.53. The van der Waals surface area contributed by atoms with E-state index in [1.165, 1.54) is 11.6 Å². The number of pyridine rings is 1. The molecule has 298 valence electrons. The summed E-state index contributed by atoms with van der Waals surface area (Å²) in [7, 11) is 0. The summed E-state index contributed by atoms with van der Waals surface area (Å²) in [6, 6.07) is 10.7. The number of piperidine rings is 2. The Kier molecular flexibility index (Phi) is 12.5. The fourth-order valence-corrected chi connectivity index (χ4v) is 9.61. The number of carbonyl (C=O) groups excluding carboxylic acids is 2. The second kappa shape index (κ2) is 16.8. The summed E-state index contributed by atoms with van der Waals surface area (Å²) in [6.45, 7) is 9.55. The number of rotatable bonds is 10. The first-order valence-electron chi connectivity index (χ1n) is 19.4. The maximum absolute atomic E-state index is 13.7. The maximum Gasteiger partial charge on any atom is 0.419 e. The number of aliphatic hydroxyl groups is 1. The van der Waals surface area contributed by atoms with Crippen molar-refractivity contribution >= 4 is 40.5 Å². The number of anilines is 2. The monoisotopic (exact) mass is 783 g/mol. The molecule has 3 unspecified atom stereocenters. The zero-order valence-corrected chi connectivity index (χ0v) is 32.8. The Balaban J connectivity index is 0.939. The van der Waals surface area contributed by atoms with E-state index in [1.54, 1.807) is 13.8 Å². The van der Waals surface area contributed by atoms with E-state index in [0.717, 1.165) is 87.2 Å². The van der Waals surface area contributed by atoms with E-state index >= 15 is 0 Å². The van der Waals surface area contributed by atoms with Gasteiger partial charge in [0, 0.05) is 37.0 Å². The highest BCUT2D eigenvalue weighted by atomic mass is 32.1. The minimum atomic E-state index is -4.81. The Hall–Kier alpha value is -3.68. The molecule has 2 aromatic rings. The summed E-state index contributed by atoms with van der Waals surface area (Å²) in [5, 5.41) is 25.2. The van der Waals surface area contributed by atoms with E-state index < -0.39 is 35.1 Å². The Morgan fingerprint density at radius 3 is 2.38 bits per heavy atom. The van der Waals surface area contributed by atoms with Gasteiger partial charge in [0.2, 0.25) is 5.91 Å². The fourth-order valence-electron chi connectivity index (χ4n) is 9.05. The zero-order chi connectivity index (χ0) is 39.7. The summed E-state index contributed by atoms with van der Waals surface area (Å²) >= 11 is 5.72. The Morgan fingerprint density at radius 2 is 1.78 bits per heavy atom. The van der Waals surface area contributed by atoms with Crippen LogP contribution in [0.4, 0.5) is 24.5 Å². The molecule has 1 aliphatic carbocycles. The largest absolute Gasteiger partial charge is 0.419 e. The van der Waals surface area contributed by atoms with Gasteiger partial charge in [0.05, 0.1) is 30.1 Å². The number of hydrogen-bond acceptors (Lipinski definition) is 9. The molecule has 4 fully saturated rings. The van der Waals surface area contributed by atoms with Crippen LogP contribution < -0.4 is 15.5 Å². The van der Waals surface area contributed by atoms with Gasteiger partial charge in [-0.1, -0.05) is 12.1 Å². The summed E-state index contributed by atoms with van der Waals surface area (Å²) in [5.41, 5.74) is -1.16. The van der Waals surface area contributed by atoms with Gasteiger partial charge in [-0.3, -0.25) is 24.7 Å². The average molecular weight is 784 g/mol. The van der Waals surface area contributed by atoms with Gasteiger partial charge in [0.1, 0.15) is 17.8 Å². The molecule has 5 atom stereocenters. The molecule has 15 heteroatoms. The third kappa shape index (κ3) is 9.15. The van der Waals surface area contributed by atoms with Crippen LogP contribution >= 0.6 is 12.2 Å². The number of nitrogens with zero attached hydrogens (tertiary/aromatic N) is 5. The van der Waals surface area contributed by atoms with E-state index in [2.05, 4.69) is 46.5 Å². The molecule has 3 saturated heterocycles. The van der Waals surface area contributed by atoms with E-state index in [0.29, 0.717) is 25.0 Å². The van der Waals surface area contributed by atoms with E-state index in [9.17, 15) is 27.9 Å². The SMILES string of the molecule is C[C@@H]1CC(CCOC2CCC(N3C(=S)N(c4cnc(C#N)c(C(F)(F)F)c4)C(=O)C3(C)C)CC2)C[C@H](C)N1CC(=O)Nc1ccc(C2CCC(O)NC2)cc1. The van der Waals surface area contributed by atoms with Crippen molar-refractivity contribution in [1.82, 2.24) is 20.1 Å². The lowest BCUT2D eigenvalue weighted by Crippen LogP contribution is -2.51. The standard InChI is InChI=1S/C40H52F3N7O4S/c1-24-17-26(18-25(2)48(24)23-36(52)47-29-8-5-27(6-9-29)28-7-14-35(51)46-21-28)15-16-54-32-12-10-30(11-13-32)50-38(55)49(37(53)39(50,3)4)31-19-33(40(41,42)43)34(20-44)45-22-31/h5-6,8-9,19,22,24-26,28,30,32,35,46,51H,7,10-18,21,23H2,1-4H3,(H,47,52)/t24-,25+,26?,28?,30?,32?,35?. The fraction of sp³-hybridized carbons (Fsp3) is 0.625. The van der Waals surface area contributed by atoms with Crippen LogP contribution in [-0.4, -0.2) is 92.5 Å². The summed E-state index contributed by atoms with van der Waals surface area (Å²) < 4.78 is 47.4. The molecule has 0 radical (unpaired) electrons. The Labute approximate surface area is 326 Å². The topological polar surface area (TPSA) is 134 Å². The lowest BCUT2D eigenvalue weighted by atomic mass is 9.85. The molecule has 3 aliphatic heterocycles. The predicted octanol–water partition coefficient (Wildman–Crippen LogP) is 6.32. The van der Waals surface area contributed by atoms with Crippen LogP contribution in [0.5, 0.6) is 0 Å². The number of aromatic nitrogens is 1. The molecular weight excluding hydrogens is 732 g/mol. The van der Waals surface area contributed by atoms with Crippen LogP contribution in [0.15, 0.2) is 36.5 Å². The molecule has 55 heavy (non-hydrogen) atoms. The number of ether oxygens (including phenoxy) is 1. The third-order valence-electron chi connectivity index (χ3n) is 12.0. The molecule has 4 aliphatic rings. The number of halogens is 3. The van der Waals surface area contributed by atoms with Crippen LogP contribution in [0.3, 0.4) is 0 Å². The van der Waals surface area contributed by atoms with Crippen molar-refractivity contribution in [2.24, 2.45) is 5.92 Å². The van der Waals surface area contributed by atoms with Gasteiger partial charge in [-0.25, -0.2) is 4.98 Å². The third-order valence-corrected chi connectivity index (χ3v) is 12.4. The number of nitrogens with one attached hydrogen (secondary N) is 2. The minimum absolute atomic E-state index is 0.0247. The molecule has 1 aromatic carbocycles. The molecule has 4 heterocycles. The number of carbonyl (C=O) groups is 2. The van der Waals surface area contributed by atoms with Crippen LogP contribution in [0.25, 0.3) is 0 Å². The summed E-state index contributed by atoms with van der Waals surface area (Å²) in [4.78, 5) is 35.6. The van der Waals surface area contributed by atoms with Crippen molar-refractivity contribution in [1.29, 1.82) is 5.26 Å². The molecule has 0 spiro atoms. The van der Waals surface area contributed by atoms with Gasteiger partial charge in [-0.05, 0) is 133 Å². The highest BCUT2D eigenvalue weighted by Crippen LogP contribution is 2.40. The first-order valence-corrected chi connectivity index (χ1v) is 19.8. The molecule has 6 rings (SSSR count). The van der Waals surface area contributed by atoms with Crippen molar-refractivity contribution < 1.29 is 32.6 Å². The maximum atomic E-state index is 13.7. The number of benzene rings is 1. The number of amides is 2. The molecule has 1 saturated carbocycles. The van der Waals surface area contributed by atoms with E-state index in [1.807, 2.05) is 17.0 Å². The van der Waals surface area contributed by atoms with Gasteiger partial charge in [0.25, 0.3) is 5.91 Å². The zero-order valence-electron chi connectivity index (χ0n) is 31.9. The van der Waals surface area contributed by atoms with Crippen molar-refractivity contribution in [3.05, 3.63) is 53.3 Å². The van der Waals surface area contributed by atoms with Crippen LogP contribution in [0.2, 0.25) is 0 Å². The summed E-state index contributed by atoms with van der Waals surface area (Å²) in [5.74, 6) is 0.378. The lowest BCUT2D eigenvalue weighted by molar-refractivity contribution is -0.138. The number of alkyl halides is 3. The van der Waals surface area contributed by atoms with Crippen molar-refractivity contribution in [2.45, 2.75) is 134 Å². The second-order valence-corrected chi connectivity index (χ2v) is 16.6. The number of likely N-dealkylation sites (tertiary alicyclic amines) is 1. The van der Waals surface area contributed by atoms with Crippen molar-refractivity contribution in [3.8, 4) is 6.07 Å². The van der Waals surface area contributed by atoms with Crippen LogP contribution in [0.1, 0.15) is 108 Å². The predicted molar refractivity (Wildman–Crippen MR) is 206 cm³/mol. The number of aliphatic hydroxyl groups excluding tert-OH is 1. The number of nitriles is 1. The normalized spacial score (nSPS) is 29.0. The first kappa shape index (κ1) is 41.0. The van der Waals surface area contributed by atoms with Crippen molar-refractivity contribution in [2.75, 3.05) is 29.9 Å². The minimum Gasteiger partial charge on any atom is -0.379 e. The van der Waals surface area contributed by atoms with E-state index in [-0.39, 0.29) is 40.9 Å². The van der Waals surface area contributed by atoms with Crippen molar-refractivity contribution in [3.63, 3.8) is 0 Å². The first-order chi connectivity index (χ1) is 26.1. The molecule has 0 bridgehead atoms. The van der Waals surface area contributed by atoms with Gasteiger partial charge >= 0.3 is 6.18 Å². The number of hydrogen-bond donors (Lipinski definition) is 3. The Bertz CT molecular complexity index is 1740. The highest BCUT2D eigenvalue weighted by molar-refractivity contribution is 7.80. The van der Waals surface area contributed by atoms with Gasteiger partial charge in [-0.15, -0.1) is 0 Å². The molecule has 2 amide bonds. The smallest absolute Gasteiger partial charge is 0.379 e. The van der Waals surface area contributed by atoms with Crippen LogP contribution in [-0.2, 0) is 20.5 Å². The Morgan fingerprint density at radius 1 is 1.11 bits per heavy atom. The molecule has 3 N–H and O–H groups in total. The van der Waals surface area contributed by atoms with Crippen LogP contribution in [0, 0.1) is 17.2 Å². The molecule has 11 nitrogen and oxygen atoms in total. The van der Waals surface area contributed by atoms with Gasteiger partial charge in [-0.2, -0.15) is 18.4 Å². The quantitative estimate of drug-likeness (QED) is 0.236. The summed E-state index contributed by atoms with van der Waals surface area (Å²) in [6.07, 6.45) is 3.47. The second-order valence-electron chi connectivity index (χ2n) is 16.2. The van der Waals surface area contributed by atoms with Gasteiger partial charge < -0.3 is 20.1 Å². The van der Waals surface area contributed by atoms with Gasteiger partial charge in [0.15, 0.2) is 10.8 Å². The van der Waals surface area contributed by atoms with E-state index in [4.69, 9.17) is 22.2 Å². The lowest BCUT2D eigenvalue weighted by Gasteiger charge is -2.42. The number of thiocarbonyl (C=S) groups is 1. The molecule has 1 aromatic heterocycles. The average Bonchev–Trinajstić information content (AvgIpc) is 3.32. The molecular formula is C40H52F3N7O4S.